The minimum atomic E-state index is -0.482. The summed E-state index contributed by atoms with van der Waals surface area (Å²) in [5, 5.41) is 15.4. The number of carbonyl (C=O) groups excluding carboxylic acids is 1. The van der Waals surface area contributed by atoms with Crippen LogP contribution in [0.4, 0.5) is 0 Å². The first-order chi connectivity index (χ1) is 9.31. The number of furan rings is 1. The molecule has 6 heteroatoms. The van der Waals surface area contributed by atoms with E-state index < -0.39 is 5.91 Å². The monoisotopic (exact) mass is 257 g/mol. The smallest absolute Gasteiger partial charge is 0.307 e. The maximum absolute atomic E-state index is 11.6. The van der Waals surface area contributed by atoms with Crippen molar-refractivity contribution < 1.29 is 14.4 Å². The lowest BCUT2D eigenvalue weighted by Gasteiger charge is -2.01. The molecule has 0 aliphatic heterocycles. The molecule has 1 aromatic carbocycles. The summed E-state index contributed by atoms with van der Waals surface area (Å²) in [6.45, 7) is 0. The maximum Gasteiger partial charge on any atom is 0.307 e. The van der Waals surface area contributed by atoms with Crippen molar-refractivity contribution in [1.29, 1.82) is 0 Å². The highest BCUT2D eigenvalue weighted by Crippen LogP contribution is 2.01. The van der Waals surface area contributed by atoms with Crippen molar-refractivity contribution in [2.24, 2.45) is 10.3 Å². The number of benzene rings is 1. The van der Waals surface area contributed by atoms with Crippen LogP contribution in [0.2, 0.25) is 0 Å². The van der Waals surface area contributed by atoms with Gasteiger partial charge in [-0.1, -0.05) is 35.5 Å². The molecule has 96 valence electrons. The van der Waals surface area contributed by atoms with Gasteiger partial charge in [0.15, 0.2) is 5.76 Å². The third kappa shape index (κ3) is 3.29. The van der Waals surface area contributed by atoms with Gasteiger partial charge < -0.3 is 9.62 Å². The Morgan fingerprint density at radius 2 is 2.00 bits per heavy atom. The Labute approximate surface area is 109 Å². The lowest BCUT2D eigenvalue weighted by molar-refractivity contribution is 0.0927. The predicted octanol–water partition coefficient (Wildman–Crippen LogP) is 1.87. The summed E-state index contributed by atoms with van der Waals surface area (Å²) < 4.78 is 4.93. The summed E-state index contributed by atoms with van der Waals surface area (Å²) in [4.78, 5) is 11.6. The average molecular weight is 257 g/mol. The number of hydrazone groups is 1. The van der Waals surface area contributed by atoms with Crippen LogP contribution >= 0.6 is 0 Å². The molecule has 1 heterocycles. The number of hydrogen-bond acceptors (Lipinski definition) is 5. The van der Waals surface area contributed by atoms with Gasteiger partial charge in [-0.2, -0.15) is 5.10 Å². The molecule has 0 aliphatic rings. The Hall–Kier alpha value is -2.89. The zero-order valence-corrected chi connectivity index (χ0v) is 9.85. The maximum atomic E-state index is 11.6. The quantitative estimate of drug-likeness (QED) is 0.498. The second kappa shape index (κ2) is 6.15. The molecule has 0 atom stereocenters. The zero-order valence-electron chi connectivity index (χ0n) is 9.85. The summed E-state index contributed by atoms with van der Waals surface area (Å²) in [6.07, 6.45) is 2.53. The normalized spacial score (nSPS) is 11.7. The minimum absolute atomic E-state index is 0.150. The summed E-state index contributed by atoms with van der Waals surface area (Å²) in [7, 11) is 0. The number of nitrogens with zero attached hydrogens (tertiary/aromatic N) is 2. The van der Waals surface area contributed by atoms with E-state index >= 15 is 0 Å². The highest BCUT2D eigenvalue weighted by atomic mass is 16.4. The number of rotatable bonds is 4. The van der Waals surface area contributed by atoms with Gasteiger partial charge in [0.25, 0.3) is 0 Å². The molecule has 1 aromatic heterocycles. The zero-order chi connectivity index (χ0) is 13.5. The first kappa shape index (κ1) is 12.6. The Morgan fingerprint density at radius 1 is 1.21 bits per heavy atom. The fraction of sp³-hybridized carbons (Fsp3) is 0. The van der Waals surface area contributed by atoms with Gasteiger partial charge in [0, 0.05) is 5.56 Å². The van der Waals surface area contributed by atoms with Crippen molar-refractivity contribution in [1.82, 2.24) is 5.43 Å². The number of amides is 1. The first-order valence-corrected chi connectivity index (χ1v) is 5.45. The van der Waals surface area contributed by atoms with E-state index in [-0.39, 0.29) is 5.76 Å². The summed E-state index contributed by atoms with van der Waals surface area (Å²) in [5.74, 6) is -0.332. The molecule has 0 fully saturated rings. The van der Waals surface area contributed by atoms with Gasteiger partial charge >= 0.3 is 5.91 Å². The largest absolute Gasteiger partial charge is 0.459 e. The second-order valence-corrected chi connectivity index (χ2v) is 3.53. The van der Waals surface area contributed by atoms with Gasteiger partial charge in [0.05, 0.1) is 12.5 Å². The molecule has 0 saturated carbocycles. The van der Waals surface area contributed by atoms with Gasteiger partial charge in [0.1, 0.15) is 5.71 Å². The first-order valence-electron chi connectivity index (χ1n) is 5.45. The van der Waals surface area contributed by atoms with Crippen LogP contribution in [0.1, 0.15) is 16.1 Å². The van der Waals surface area contributed by atoms with Crippen LogP contribution in [0, 0.1) is 0 Å². The van der Waals surface area contributed by atoms with Gasteiger partial charge in [-0.3, -0.25) is 4.79 Å². The predicted molar refractivity (Wildman–Crippen MR) is 69.4 cm³/mol. The summed E-state index contributed by atoms with van der Waals surface area (Å²) >= 11 is 0. The molecule has 2 rings (SSSR count). The second-order valence-electron chi connectivity index (χ2n) is 3.53. The Kier molecular flexibility index (Phi) is 4.07. The third-order valence-corrected chi connectivity index (χ3v) is 2.27. The van der Waals surface area contributed by atoms with E-state index in [4.69, 9.17) is 9.62 Å². The third-order valence-electron chi connectivity index (χ3n) is 2.27. The number of hydrogen-bond donors (Lipinski definition) is 2. The van der Waals surface area contributed by atoms with Gasteiger partial charge in [-0.05, 0) is 12.1 Å². The van der Waals surface area contributed by atoms with E-state index in [1.165, 1.54) is 12.3 Å². The highest BCUT2D eigenvalue weighted by molar-refractivity contribution is 6.38. The molecule has 0 unspecified atom stereocenters. The Morgan fingerprint density at radius 3 is 2.63 bits per heavy atom. The van der Waals surface area contributed by atoms with E-state index in [0.717, 1.165) is 6.21 Å². The summed E-state index contributed by atoms with van der Waals surface area (Å²) in [6, 6.07) is 12.1. The van der Waals surface area contributed by atoms with Crippen LogP contribution in [0.3, 0.4) is 0 Å². The minimum Gasteiger partial charge on any atom is -0.459 e. The van der Waals surface area contributed by atoms with Crippen LogP contribution < -0.4 is 5.43 Å². The van der Waals surface area contributed by atoms with E-state index in [0.29, 0.717) is 11.3 Å². The molecule has 0 saturated heterocycles. The topological polar surface area (TPSA) is 87.2 Å². The van der Waals surface area contributed by atoms with E-state index in [1.54, 1.807) is 18.2 Å². The van der Waals surface area contributed by atoms with Crippen molar-refractivity contribution >= 4 is 17.8 Å². The fourth-order valence-corrected chi connectivity index (χ4v) is 1.41. The van der Waals surface area contributed by atoms with Crippen molar-refractivity contribution in [2.45, 2.75) is 0 Å². The molecule has 1 amide bonds. The molecule has 2 N–H and O–H groups in total. The van der Waals surface area contributed by atoms with Crippen LogP contribution in [0.15, 0.2) is 63.4 Å². The van der Waals surface area contributed by atoms with Crippen LogP contribution in [-0.2, 0) is 0 Å². The molecule has 0 bridgehead atoms. The molecule has 6 nitrogen and oxygen atoms in total. The molecule has 2 aromatic rings. The van der Waals surface area contributed by atoms with Crippen LogP contribution in [-0.4, -0.2) is 23.0 Å². The lowest BCUT2D eigenvalue weighted by atomic mass is 10.1. The van der Waals surface area contributed by atoms with Crippen LogP contribution in [0.5, 0.6) is 0 Å². The number of oxime groups is 1. The van der Waals surface area contributed by atoms with Crippen molar-refractivity contribution in [3.8, 4) is 0 Å². The molecule has 19 heavy (non-hydrogen) atoms. The standard InChI is InChI=1S/C13H11N3O3/c17-13(12-7-4-8-19-12)16-15-11(9-14-18)10-5-2-1-3-6-10/h1-9,18H,(H,16,17)/b14-9-,15-11-. The summed E-state index contributed by atoms with van der Waals surface area (Å²) in [5.41, 5.74) is 3.35. The van der Waals surface area contributed by atoms with Crippen molar-refractivity contribution in [2.75, 3.05) is 0 Å². The SMILES string of the molecule is O=C(N/N=C(/C=N\O)c1ccccc1)c1ccco1. The van der Waals surface area contributed by atoms with Gasteiger partial charge in [-0.25, -0.2) is 5.43 Å². The Balaban J connectivity index is 2.16. The Bertz CT molecular complexity index is 589. The molecule has 0 radical (unpaired) electrons. The van der Waals surface area contributed by atoms with Crippen LogP contribution in [0.25, 0.3) is 0 Å². The lowest BCUT2D eigenvalue weighted by Crippen LogP contribution is -2.20. The van der Waals surface area contributed by atoms with Crippen molar-refractivity contribution in [3.63, 3.8) is 0 Å². The number of nitrogens with one attached hydrogen (secondary N) is 1. The van der Waals surface area contributed by atoms with E-state index in [9.17, 15) is 4.79 Å². The van der Waals surface area contributed by atoms with Gasteiger partial charge in [0.2, 0.25) is 0 Å². The average Bonchev–Trinajstić information content (AvgIpc) is 2.98. The van der Waals surface area contributed by atoms with Crippen molar-refractivity contribution in [3.05, 3.63) is 60.1 Å². The number of carbonyl (C=O) groups is 1. The highest BCUT2D eigenvalue weighted by Gasteiger charge is 2.08. The molecular formula is C13H11N3O3. The molecular weight excluding hydrogens is 246 g/mol. The van der Waals surface area contributed by atoms with E-state index in [1.807, 2.05) is 18.2 Å². The van der Waals surface area contributed by atoms with Gasteiger partial charge in [-0.15, -0.1) is 0 Å². The van der Waals surface area contributed by atoms with E-state index in [2.05, 4.69) is 15.7 Å². The molecule has 0 aliphatic carbocycles. The molecule has 0 spiro atoms. The fourth-order valence-electron chi connectivity index (χ4n) is 1.41.